The van der Waals surface area contributed by atoms with Gasteiger partial charge < -0.3 is 4.57 Å². The van der Waals surface area contributed by atoms with Crippen LogP contribution in [0.5, 0.6) is 0 Å². The summed E-state index contributed by atoms with van der Waals surface area (Å²) in [6.45, 7) is 0.845. The first-order chi connectivity index (χ1) is 9.72. The van der Waals surface area contributed by atoms with E-state index in [-0.39, 0.29) is 0 Å². The smallest absolute Gasteiger partial charge is 0.140 e. The molecule has 0 radical (unpaired) electrons. The van der Waals surface area contributed by atoms with Gasteiger partial charge in [0.15, 0.2) is 0 Å². The van der Waals surface area contributed by atoms with Gasteiger partial charge in [-0.2, -0.15) is 0 Å². The molecule has 2 nitrogen and oxygen atoms in total. The Hall–Kier alpha value is -0.890. The van der Waals surface area contributed by atoms with Crippen molar-refractivity contribution in [3.05, 3.63) is 73.6 Å². The van der Waals surface area contributed by atoms with E-state index in [0.717, 1.165) is 17.9 Å². The standard InChI is InChI=1S/C16H12I2N2/c17-14-6-4-12(5-7-14)11-20-9-8-19-16(20)13-2-1-3-15(18)10-13/h1-10H,11H2. The van der Waals surface area contributed by atoms with E-state index in [0.29, 0.717) is 0 Å². The highest BCUT2D eigenvalue weighted by atomic mass is 127. The molecule has 2 aromatic carbocycles. The molecule has 4 heteroatoms. The molecule has 20 heavy (non-hydrogen) atoms. The summed E-state index contributed by atoms with van der Waals surface area (Å²) in [4.78, 5) is 4.50. The summed E-state index contributed by atoms with van der Waals surface area (Å²) in [5.74, 6) is 1.02. The number of rotatable bonds is 3. The van der Waals surface area contributed by atoms with Gasteiger partial charge in [-0.1, -0.05) is 24.3 Å². The summed E-state index contributed by atoms with van der Waals surface area (Å²) in [5, 5.41) is 0. The van der Waals surface area contributed by atoms with Gasteiger partial charge in [-0.05, 0) is 75.0 Å². The van der Waals surface area contributed by atoms with Crippen LogP contribution >= 0.6 is 45.2 Å². The highest BCUT2D eigenvalue weighted by Gasteiger charge is 2.06. The Morgan fingerprint density at radius 3 is 2.50 bits per heavy atom. The Balaban J connectivity index is 1.92. The van der Waals surface area contributed by atoms with Gasteiger partial charge in [0.05, 0.1) is 0 Å². The summed E-state index contributed by atoms with van der Waals surface area (Å²) in [6.07, 6.45) is 3.90. The van der Waals surface area contributed by atoms with Crippen LogP contribution in [-0.4, -0.2) is 9.55 Å². The minimum atomic E-state index is 0.845. The molecule has 0 atom stereocenters. The highest BCUT2D eigenvalue weighted by Crippen LogP contribution is 2.21. The molecule has 1 aromatic heterocycles. The molecule has 1 heterocycles. The zero-order chi connectivity index (χ0) is 13.9. The zero-order valence-corrected chi connectivity index (χ0v) is 14.9. The van der Waals surface area contributed by atoms with Gasteiger partial charge in [0.25, 0.3) is 0 Å². The molecule has 0 aliphatic carbocycles. The molecule has 0 aliphatic heterocycles. The molecule has 3 aromatic rings. The fourth-order valence-electron chi connectivity index (χ4n) is 2.11. The maximum Gasteiger partial charge on any atom is 0.140 e. The highest BCUT2D eigenvalue weighted by molar-refractivity contribution is 14.1. The lowest BCUT2D eigenvalue weighted by Crippen LogP contribution is -2.01. The van der Waals surface area contributed by atoms with E-state index in [4.69, 9.17) is 0 Å². The van der Waals surface area contributed by atoms with E-state index in [1.165, 1.54) is 12.7 Å². The molecule has 0 bridgehead atoms. The average molecular weight is 486 g/mol. The van der Waals surface area contributed by atoms with E-state index in [2.05, 4.69) is 103 Å². The topological polar surface area (TPSA) is 17.8 Å². The summed E-state index contributed by atoms with van der Waals surface area (Å²) in [6, 6.07) is 17.0. The predicted octanol–water partition coefficient (Wildman–Crippen LogP) is 4.81. The summed E-state index contributed by atoms with van der Waals surface area (Å²) in [5.41, 5.74) is 2.45. The van der Waals surface area contributed by atoms with E-state index in [1.807, 2.05) is 12.4 Å². The Labute approximate surface area is 145 Å². The van der Waals surface area contributed by atoms with Crippen molar-refractivity contribution in [3.63, 3.8) is 0 Å². The lowest BCUT2D eigenvalue weighted by molar-refractivity contribution is 0.807. The van der Waals surface area contributed by atoms with Crippen LogP contribution in [0.1, 0.15) is 5.56 Å². The second kappa shape index (κ2) is 6.26. The molecule has 100 valence electrons. The fourth-order valence-corrected chi connectivity index (χ4v) is 3.01. The maximum atomic E-state index is 4.50. The monoisotopic (exact) mass is 486 g/mol. The van der Waals surface area contributed by atoms with Crippen LogP contribution in [0.3, 0.4) is 0 Å². The lowest BCUT2D eigenvalue weighted by Gasteiger charge is -2.08. The summed E-state index contributed by atoms with van der Waals surface area (Å²) >= 11 is 4.66. The molecular formula is C16H12I2N2. The van der Waals surface area contributed by atoms with Crippen LogP contribution in [0.2, 0.25) is 0 Å². The SMILES string of the molecule is Ic1ccc(Cn2ccnc2-c2cccc(I)c2)cc1. The Morgan fingerprint density at radius 1 is 0.950 bits per heavy atom. The second-order valence-corrected chi connectivity index (χ2v) is 7.01. The number of nitrogens with zero attached hydrogens (tertiary/aromatic N) is 2. The zero-order valence-electron chi connectivity index (χ0n) is 10.6. The summed E-state index contributed by atoms with van der Waals surface area (Å²) < 4.78 is 4.67. The third kappa shape index (κ3) is 3.22. The van der Waals surface area contributed by atoms with Crippen molar-refractivity contribution in [3.8, 4) is 11.4 Å². The van der Waals surface area contributed by atoms with Gasteiger partial charge in [-0.25, -0.2) is 4.98 Å². The fraction of sp³-hybridized carbons (Fsp3) is 0.0625. The van der Waals surface area contributed by atoms with Crippen LogP contribution in [0, 0.1) is 7.14 Å². The van der Waals surface area contributed by atoms with Crippen LogP contribution < -0.4 is 0 Å². The van der Waals surface area contributed by atoms with Gasteiger partial charge in [-0.15, -0.1) is 0 Å². The van der Waals surface area contributed by atoms with E-state index in [1.54, 1.807) is 0 Å². The predicted molar refractivity (Wildman–Crippen MR) is 98.6 cm³/mol. The van der Waals surface area contributed by atoms with Crippen LogP contribution in [-0.2, 0) is 6.54 Å². The molecule has 0 spiro atoms. The first-order valence-corrected chi connectivity index (χ1v) is 8.39. The quantitative estimate of drug-likeness (QED) is 0.487. The van der Waals surface area contributed by atoms with E-state index >= 15 is 0 Å². The Kier molecular flexibility index (Phi) is 4.40. The summed E-state index contributed by atoms with van der Waals surface area (Å²) in [7, 11) is 0. The molecule has 0 unspecified atom stereocenters. The maximum absolute atomic E-state index is 4.50. The number of halogens is 2. The largest absolute Gasteiger partial charge is 0.327 e. The van der Waals surface area contributed by atoms with Gasteiger partial charge in [0, 0.05) is 31.6 Å². The molecule has 3 rings (SSSR count). The second-order valence-electron chi connectivity index (χ2n) is 4.52. The average Bonchev–Trinajstić information content (AvgIpc) is 2.89. The third-order valence-electron chi connectivity index (χ3n) is 3.06. The van der Waals surface area contributed by atoms with Crippen molar-refractivity contribution in [2.24, 2.45) is 0 Å². The Morgan fingerprint density at radius 2 is 1.75 bits per heavy atom. The van der Waals surface area contributed by atoms with Gasteiger partial charge >= 0.3 is 0 Å². The molecule has 0 fully saturated rings. The number of hydrogen-bond acceptors (Lipinski definition) is 1. The normalized spacial score (nSPS) is 10.7. The molecular weight excluding hydrogens is 474 g/mol. The van der Waals surface area contributed by atoms with Gasteiger partial charge in [0.1, 0.15) is 5.82 Å². The lowest BCUT2D eigenvalue weighted by atomic mass is 10.2. The van der Waals surface area contributed by atoms with Crippen molar-refractivity contribution in [2.45, 2.75) is 6.54 Å². The first kappa shape index (κ1) is 14.1. The van der Waals surface area contributed by atoms with Crippen LogP contribution in [0.4, 0.5) is 0 Å². The molecule has 0 amide bonds. The minimum Gasteiger partial charge on any atom is -0.327 e. The molecule has 0 saturated heterocycles. The van der Waals surface area contributed by atoms with Gasteiger partial charge in [0.2, 0.25) is 0 Å². The molecule has 0 N–H and O–H groups in total. The van der Waals surface area contributed by atoms with E-state index in [9.17, 15) is 0 Å². The third-order valence-corrected chi connectivity index (χ3v) is 4.45. The number of aromatic nitrogens is 2. The number of benzene rings is 2. The Bertz CT molecular complexity index is 717. The minimum absolute atomic E-state index is 0.845. The number of hydrogen-bond donors (Lipinski definition) is 0. The first-order valence-electron chi connectivity index (χ1n) is 6.24. The van der Waals surface area contributed by atoms with Crippen molar-refractivity contribution < 1.29 is 0 Å². The molecule has 0 aliphatic rings. The number of imidazole rings is 1. The van der Waals surface area contributed by atoms with Crippen molar-refractivity contribution >= 4 is 45.2 Å². The molecule has 0 saturated carbocycles. The van der Waals surface area contributed by atoms with Crippen molar-refractivity contribution in [2.75, 3.05) is 0 Å². The van der Waals surface area contributed by atoms with E-state index < -0.39 is 0 Å². The van der Waals surface area contributed by atoms with Crippen molar-refractivity contribution in [1.82, 2.24) is 9.55 Å². The van der Waals surface area contributed by atoms with Crippen molar-refractivity contribution in [1.29, 1.82) is 0 Å². The van der Waals surface area contributed by atoms with Crippen LogP contribution in [0.15, 0.2) is 60.9 Å². The van der Waals surface area contributed by atoms with Gasteiger partial charge in [-0.3, -0.25) is 0 Å². The van der Waals surface area contributed by atoms with Crippen LogP contribution in [0.25, 0.3) is 11.4 Å².